The fraction of sp³-hybridized carbons (Fsp3) is 0.278. The molecular formula is C18H21N3O2. The Labute approximate surface area is 136 Å². The number of ether oxygens (including phenoxy) is 1. The molecule has 5 nitrogen and oxygen atoms in total. The van der Waals surface area contributed by atoms with Crippen molar-refractivity contribution in [3.05, 3.63) is 59.9 Å². The van der Waals surface area contributed by atoms with Crippen molar-refractivity contribution in [2.24, 2.45) is 5.10 Å². The van der Waals surface area contributed by atoms with Crippen molar-refractivity contribution in [1.82, 2.24) is 10.4 Å². The summed E-state index contributed by atoms with van der Waals surface area (Å²) in [4.78, 5) is 16.5. The highest BCUT2D eigenvalue weighted by Gasteiger charge is 2.29. The molecule has 1 aromatic carbocycles. The summed E-state index contributed by atoms with van der Waals surface area (Å²) >= 11 is 0. The van der Waals surface area contributed by atoms with Gasteiger partial charge in [-0.3, -0.25) is 9.78 Å². The molecule has 23 heavy (non-hydrogen) atoms. The highest BCUT2D eigenvalue weighted by molar-refractivity contribution is 5.88. The van der Waals surface area contributed by atoms with Crippen LogP contribution >= 0.6 is 0 Å². The quantitative estimate of drug-likeness (QED) is 0.659. The van der Waals surface area contributed by atoms with Crippen LogP contribution in [0.1, 0.15) is 32.0 Å². The van der Waals surface area contributed by atoms with Crippen LogP contribution in [-0.4, -0.2) is 23.7 Å². The normalized spacial score (nSPS) is 11.4. The summed E-state index contributed by atoms with van der Waals surface area (Å²) in [5.74, 6) is 0.606. The molecule has 1 aromatic heterocycles. The summed E-state index contributed by atoms with van der Waals surface area (Å²) in [7, 11) is 0. The molecule has 1 heterocycles. The Kier molecular flexibility index (Phi) is 5.46. The molecule has 5 heteroatoms. The van der Waals surface area contributed by atoms with E-state index in [2.05, 4.69) is 15.5 Å². The third kappa shape index (κ3) is 4.39. The van der Waals surface area contributed by atoms with Gasteiger partial charge >= 0.3 is 0 Å². The van der Waals surface area contributed by atoms with Crippen LogP contribution in [0.4, 0.5) is 0 Å². The van der Waals surface area contributed by atoms with Crippen molar-refractivity contribution in [3.63, 3.8) is 0 Å². The lowest BCUT2D eigenvalue weighted by Gasteiger charge is -2.23. The van der Waals surface area contributed by atoms with Crippen molar-refractivity contribution in [2.75, 3.05) is 6.61 Å². The van der Waals surface area contributed by atoms with Gasteiger partial charge in [-0.1, -0.05) is 18.2 Å². The van der Waals surface area contributed by atoms with E-state index in [0.29, 0.717) is 12.3 Å². The van der Waals surface area contributed by atoms with Gasteiger partial charge in [-0.25, -0.2) is 5.43 Å². The van der Waals surface area contributed by atoms with Gasteiger partial charge in [0.15, 0.2) is 0 Å². The van der Waals surface area contributed by atoms with Gasteiger partial charge < -0.3 is 4.74 Å². The lowest BCUT2D eigenvalue weighted by atomic mass is 9.84. The minimum Gasteiger partial charge on any atom is -0.494 e. The van der Waals surface area contributed by atoms with Crippen molar-refractivity contribution >= 4 is 12.1 Å². The summed E-state index contributed by atoms with van der Waals surface area (Å²) in [6, 6.07) is 13.0. The first-order valence-corrected chi connectivity index (χ1v) is 7.52. The average Bonchev–Trinajstić information content (AvgIpc) is 2.56. The Morgan fingerprint density at radius 3 is 2.61 bits per heavy atom. The molecule has 120 valence electrons. The molecule has 0 saturated heterocycles. The Balaban J connectivity index is 2.03. The maximum atomic E-state index is 12.4. The summed E-state index contributed by atoms with van der Waals surface area (Å²) in [5, 5.41) is 3.97. The first-order chi connectivity index (χ1) is 11.0. The predicted molar refractivity (Wildman–Crippen MR) is 90.6 cm³/mol. The maximum Gasteiger partial charge on any atom is 0.250 e. The van der Waals surface area contributed by atoms with E-state index in [9.17, 15) is 4.79 Å². The van der Waals surface area contributed by atoms with Crippen LogP contribution in [-0.2, 0) is 10.2 Å². The predicted octanol–water partition coefficient (Wildman–Crippen LogP) is 2.91. The van der Waals surface area contributed by atoms with Crippen molar-refractivity contribution in [1.29, 1.82) is 0 Å². The Morgan fingerprint density at radius 2 is 2.00 bits per heavy atom. The van der Waals surface area contributed by atoms with Crippen LogP contribution in [0, 0.1) is 0 Å². The zero-order valence-electron chi connectivity index (χ0n) is 13.6. The number of benzene rings is 1. The van der Waals surface area contributed by atoms with Crippen LogP contribution in [0.5, 0.6) is 5.75 Å². The minimum absolute atomic E-state index is 0.186. The Morgan fingerprint density at radius 1 is 1.26 bits per heavy atom. The summed E-state index contributed by atoms with van der Waals surface area (Å²) in [5.41, 5.74) is 3.45. The molecule has 0 radical (unpaired) electrons. The summed E-state index contributed by atoms with van der Waals surface area (Å²) in [6.07, 6.45) is 3.19. The average molecular weight is 311 g/mol. The number of carbonyl (C=O) groups excluding carboxylic acids is 1. The number of pyridine rings is 1. The second-order valence-corrected chi connectivity index (χ2v) is 5.54. The SMILES string of the molecule is CCOc1ccc(C(C)(C)C(=O)N/N=C/c2ccccn2)cc1. The minimum atomic E-state index is -0.702. The molecule has 1 amide bonds. The second-order valence-electron chi connectivity index (χ2n) is 5.54. The number of nitrogens with zero attached hydrogens (tertiary/aromatic N) is 2. The van der Waals surface area contributed by atoms with E-state index >= 15 is 0 Å². The van der Waals surface area contributed by atoms with Crippen LogP contribution in [0.15, 0.2) is 53.8 Å². The molecule has 0 fully saturated rings. The molecule has 2 aromatic rings. The van der Waals surface area contributed by atoms with E-state index in [1.807, 2.05) is 63.2 Å². The molecule has 0 unspecified atom stereocenters. The van der Waals surface area contributed by atoms with Gasteiger partial charge in [-0.05, 0) is 50.6 Å². The summed E-state index contributed by atoms with van der Waals surface area (Å²) < 4.78 is 5.42. The van der Waals surface area contributed by atoms with E-state index in [0.717, 1.165) is 11.3 Å². The van der Waals surface area contributed by atoms with Gasteiger partial charge in [0.25, 0.3) is 0 Å². The highest BCUT2D eigenvalue weighted by atomic mass is 16.5. The summed E-state index contributed by atoms with van der Waals surface area (Å²) in [6.45, 7) is 6.26. The fourth-order valence-corrected chi connectivity index (χ4v) is 2.01. The van der Waals surface area contributed by atoms with Crippen LogP contribution in [0.25, 0.3) is 0 Å². The molecule has 2 rings (SSSR count). The van der Waals surface area contributed by atoms with E-state index in [4.69, 9.17) is 4.74 Å². The lowest BCUT2D eigenvalue weighted by molar-refractivity contribution is -0.125. The van der Waals surface area contributed by atoms with Crippen molar-refractivity contribution in [2.45, 2.75) is 26.2 Å². The highest BCUT2D eigenvalue weighted by Crippen LogP contribution is 2.25. The fourth-order valence-electron chi connectivity index (χ4n) is 2.01. The zero-order valence-corrected chi connectivity index (χ0v) is 13.6. The third-order valence-electron chi connectivity index (χ3n) is 3.51. The monoisotopic (exact) mass is 311 g/mol. The Hall–Kier alpha value is -2.69. The number of nitrogens with one attached hydrogen (secondary N) is 1. The Bertz CT molecular complexity index is 664. The molecule has 0 aliphatic heterocycles. The maximum absolute atomic E-state index is 12.4. The number of rotatable bonds is 6. The zero-order chi connectivity index (χ0) is 16.7. The molecule has 0 aliphatic carbocycles. The van der Waals surface area contributed by atoms with Crippen molar-refractivity contribution in [3.8, 4) is 5.75 Å². The first-order valence-electron chi connectivity index (χ1n) is 7.52. The molecule has 0 atom stereocenters. The van der Waals surface area contributed by atoms with E-state index in [-0.39, 0.29) is 5.91 Å². The van der Waals surface area contributed by atoms with Gasteiger partial charge in [0.05, 0.1) is 23.9 Å². The molecule has 0 bridgehead atoms. The van der Waals surface area contributed by atoms with Crippen LogP contribution < -0.4 is 10.2 Å². The van der Waals surface area contributed by atoms with E-state index in [1.165, 1.54) is 6.21 Å². The van der Waals surface area contributed by atoms with Gasteiger partial charge in [0.2, 0.25) is 5.91 Å². The topological polar surface area (TPSA) is 63.6 Å². The van der Waals surface area contributed by atoms with E-state index in [1.54, 1.807) is 6.20 Å². The second kappa shape index (κ2) is 7.54. The number of amides is 1. The van der Waals surface area contributed by atoms with Crippen LogP contribution in [0.3, 0.4) is 0 Å². The van der Waals surface area contributed by atoms with E-state index < -0.39 is 5.41 Å². The number of aromatic nitrogens is 1. The standard InChI is InChI=1S/C18H21N3O2/c1-4-23-16-10-8-14(9-11-16)18(2,3)17(22)21-20-13-15-7-5-6-12-19-15/h5-13H,4H2,1-3H3,(H,21,22)/b20-13+. The lowest BCUT2D eigenvalue weighted by Crippen LogP contribution is -2.37. The molecule has 0 saturated carbocycles. The number of hydrazone groups is 1. The van der Waals surface area contributed by atoms with Gasteiger partial charge in [0.1, 0.15) is 5.75 Å². The van der Waals surface area contributed by atoms with Gasteiger partial charge in [-0.15, -0.1) is 0 Å². The largest absolute Gasteiger partial charge is 0.494 e. The molecule has 0 spiro atoms. The number of hydrogen-bond donors (Lipinski definition) is 1. The van der Waals surface area contributed by atoms with Gasteiger partial charge in [-0.2, -0.15) is 5.10 Å². The number of hydrogen-bond acceptors (Lipinski definition) is 4. The molecule has 1 N–H and O–H groups in total. The molecular weight excluding hydrogens is 290 g/mol. The molecule has 0 aliphatic rings. The van der Waals surface area contributed by atoms with Crippen LogP contribution in [0.2, 0.25) is 0 Å². The first kappa shape index (κ1) is 16.7. The number of carbonyl (C=O) groups is 1. The smallest absolute Gasteiger partial charge is 0.250 e. The third-order valence-corrected chi connectivity index (χ3v) is 3.51. The van der Waals surface area contributed by atoms with Crippen molar-refractivity contribution < 1.29 is 9.53 Å². The van der Waals surface area contributed by atoms with Gasteiger partial charge in [0, 0.05) is 6.20 Å².